The summed E-state index contributed by atoms with van der Waals surface area (Å²) in [7, 11) is -3.73. The molecule has 3 N–H and O–H groups in total. The molecule has 1 aliphatic rings. The van der Waals surface area contributed by atoms with Crippen LogP contribution in [0.25, 0.3) is 0 Å². The Kier molecular flexibility index (Phi) is 4.38. The lowest BCUT2D eigenvalue weighted by atomic mass is 10.0. The quantitative estimate of drug-likeness (QED) is 0.868. The summed E-state index contributed by atoms with van der Waals surface area (Å²) < 4.78 is 27.8. The Morgan fingerprint density at radius 2 is 1.95 bits per heavy atom. The van der Waals surface area contributed by atoms with Gasteiger partial charge in [-0.25, -0.2) is 13.1 Å². The monoisotopic (exact) mass is 336 g/mol. The minimum Gasteiger partial charge on any atom is -0.326 e. The lowest BCUT2D eigenvalue weighted by Crippen LogP contribution is -2.45. The predicted molar refractivity (Wildman–Crippen MR) is 81.5 cm³/mol. The zero-order valence-electron chi connectivity index (χ0n) is 11.4. The summed E-state index contributed by atoms with van der Waals surface area (Å²) in [5.41, 5.74) is 5.58. The molecule has 112 valence electrons. The second kappa shape index (κ2) is 5.46. The Hall–Kier alpha value is -0.330. The molecule has 0 radical (unpaired) electrons. The lowest BCUT2D eigenvalue weighted by molar-refractivity contribution is 0.400. The molecule has 0 saturated heterocycles. The van der Waals surface area contributed by atoms with E-state index in [-0.39, 0.29) is 16.5 Å². The van der Waals surface area contributed by atoms with Gasteiger partial charge in [-0.2, -0.15) is 0 Å². The number of nitrogens with two attached hydrogens (primary N) is 1. The molecule has 0 aliphatic heterocycles. The highest BCUT2D eigenvalue weighted by atomic mass is 35.5. The summed E-state index contributed by atoms with van der Waals surface area (Å²) in [5, 5.41) is 0.440. The molecule has 0 unspecified atom stereocenters. The van der Waals surface area contributed by atoms with E-state index in [1.165, 1.54) is 6.07 Å². The molecule has 0 spiro atoms. The fourth-order valence-electron chi connectivity index (χ4n) is 2.25. The van der Waals surface area contributed by atoms with E-state index in [9.17, 15) is 8.42 Å². The van der Waals surface area contributed by atoms with Gasteiger partial charge in [-0.1, -0.05) is 23.2 Å². The SMILES string of the molecule is CC(C)(NS(=O)(=O)c1cc(Cl)cc(CN)c1Cl)C1CC1. The zero-order valence-corrected chi connectivity index (χ0v) is 13.7. The van der Waals surface area contributed by atoms with Crippen molar-refractivity contribution < 1.29 is 8.42 Å². The number of benzene rings is 1. The van der Waals surface area contributed by atoms with Crippen molar-refractivity contribution in [1.82, 2.24) is 4.72 Å². The van der Waals surface area contributed by atoms with Crippen LogP contribution >= 0.6 is 23.2 Å². The maximum absolute atomic E-state index is 12.5. The fraction of sp³-hybridized carbons (Fsp3) is 0.538. The van der Waals surface area contributed by atoms with Crippen molar-refractivity contribution >= 4 is 33.2 Å². The lowest BCUT2D eigenvalue weighted by Gasteiger charge is -2.26. The van der Waals surface area contributed by atoms with Gasteiger partial charge < -0.3 is 5.73 Å². The fourth-order valence-corrected chi connectivity index (χ4v) is 4.67. The summed E-state index contributed by atoms with van der Waals surface area (Å²) in [6, 6.07) is 2.93. The molecular formula is C13H18Cl2N2O2S. The Labute approximate surface area is 129 Å². The molecule has 0 atom stereocenters. The highest BCUT2D eigenvalue weighted by molar-refractivity contribution is 7.89. The Bertz CT molecular complexity index is 626. The third kappa shape index (κ3) is 3.28. The van der Waals surface area contributed by atoms with Crippen LogP contribution in [0.2, 0.25) is 10.0 Å². The minimum absolute atomic E-state index is 0.0131. The molecule has 20 heavy (non-hydrogen) atoms. The van der Waals surface area contributed by atoms with Gasteiger partial charge in [-0.15, -0.1) is 0 Å². The zero-order chi connectivity index (χ0) is 15.1. The highest BCUT2D eigenvalue weighted by Gasteiger charge is 2.41. The van der Waals surface area contributed by atoms with Gasteiger partial charge in [0, 0.05) is 17.1 Å². The normalized spacial score (nSPS) is 16.4. The first-order chi connectivity index (χ1) is 9.17. The van der Waals surface area contributed by atoms with Gasteiger partial charge in [-0.3, -0.25) is 0 Å². The predicted octanol–water partition coefficient (Wildman–Crippen LogP) is 2.92. The van der Waals surface area contributed by atoms with Crippen LogP contribution in [0.3, 0.4) is 0 Å². The van der Waals surface area contributed by atoms with Crippen LogP contribution in [0.1, 0.15) is 32.3 Å². The molecule has 2 rings (SSSR count). The molecule has 1 aromatic carbocycles. The topological polar surface area (TPSA) is 72.2 Å². The maximum atomic E-state index is 12.5. The van der Waals surface area contributed by atoms with Crippen LogP contribution < -0.4 is 10.5 Å². The molecule has 0 aromatic heterocycles. The number of hydrogen-bond donors (Lipinski definition) is 2. The molecule has 0 heterocycles. The van der Waals surface area contributed by atoms with E-state index < -0.39 is 15.6 Å². The molecular weight excluding hydrogens is 319 g/mol. The molecule has 4 nitrogen and oxygen atoms in total. The smallest absolute Gasteiger partial charge is 0.242 e. The largest absolute Gasteiger partial charge is 0.326 e. The third-order valence-electron chi connectivity index (χ3n) is 3.58. The standard InChI is InChI=1S/C13H18Cl2N2O2S/c1-13(2,9-3-4-9)17-20(18,19)11-6-10(14)5-8(7-16)12(11)15/h5-6,9,17H,3-4,7,16H2,1-2H3. The van der Waals surface area contributed by atoms with Crippen LogP contribution in [-0.2, 0) is 16.6 Å². The Balaban J connectivity index is 2.41. The van der Waals surface area contributed by atoms with Crippen LogP contribution in [0.5, 0.6) is 0 Å². The van der Waals surface area contributed by atoms with E-state index in [0.29, 0.717) is 16.5 Å². The van der Waals surface area contributed by atoms with Crippen LogP contribution in [0, 0.1) is 5.92 Å². The maximum Gasteiger partial charge on any atom is 0.242 e. The van der Waals surface area contributed by atoms with Gasteiger partial charge in [0.1, 0.15) is 4.90 Å². The van der Waals surface area contributed by atoms with Gasteiger partial charge in [-0.05, 0) is 50.3 Å². The van der Waals surface area contributed by atoms with Crippen molar-refractivity contribution in [2.45, 2.75) is 43.7 Å². The Morgan fingerprint density at radius 3 is 2.45 bits per heavy atom. The summed E-state index contributed by atoms with van der Waals surface area (Å²) >= 11 is 12.1. The van der Waals surface area contributed by atoms with Crippen molar-refractivity contribution in [1.29, 1.82) is 0 Å². The number of hydrogen-bond acceptors (Lipinski definition) is 3. The molecule has 1 saturated carbocycles. The summed E-state index contributed by atoms with van der Waals surface area (Å²) in [5.74, 6) is 0.365. The highest BCUT2D eigenvalue weighted by Crippen LogP contribution is 2.40. The van der Waals surface area contributed by atoms with Gasteiger partial charge in [0.05, 0.1) is 5.02 Å². The Morgan fingerprint density at radius 1 is 1.35 bits per heavy atom. The van der Waals surface area contributed by atoms with E-state index in [2.05, 4.69) is 4.72 Å². The molecule has 0 amide bonds. The van der Waals surface area contributed by atoms with Crippen molar-refractivity contribution in [3.8, 4) is 0 Å². The van der Waals surface area contributed by atoms with E-state index in [0.717, 1.165) is 12.8 Å². The molecule has 7 heteroatoms. The third-order valence-corrected chi connectivity index (χ3v) is 6.06. The first-order valence-electron chi connectivity index (χ1n) is 6.39. The second-order valence-corrected chi connectivity index (χ2v) is 8.15. The number of halogens is 2. The van der Waals surface area contributed by atoms with E-state index in [4.69, 9.17) is 28.9 Å². The average Bonchev–Trinajstić information content (AvgIpc) is 3.14. The van der Waals surface area contributed by atoms with Crippen LogP contribution in [0.4, 0.5) is 0 Å². The number of nitrogens with one attached hydrogen (secondary N) is 1. The van der Waals surface area contributed by atoms with Crippen molar-refractivity contribution in [3.63, 3.8) is 0 Å². The van der Waals surface area contributed by atoms with Crippen molar-refractivity contribution in [2.24, 2.45) is 11.7 Å². The number of rotatable bonds is 5. The van der Waals surface area contributed by atoms with Gasteiger partial charge >= 0.3 is 0 Å². The first-order valence-corrected chi connectivity index (χ1v) is 8.63. The average molecular weight is 337 g/mol. The van der Waals surface area contributed by atoms with Crippen molar-refractivity contribution in [3.05, 3.63) is 27.7 Å². The first kappa shape index (κ1) is 16.0. The minimum atomic E-state index is -3.73. The molecule has 1 fully saturated rings. The van der Waals surface area contributed by atoms with E-state index >= 15 is 0 Å². The van der Waals surface area contributed by atoms with Crippen molar-refractivity contribution in [2.75, 3.05) is 0 Å². The summed E-state index contributed by atoms with van der Waals surface area (Å²) in [6.07, 6.45) is 2.07. The molecule has 0 bridgehead atoms. The second-order valence-electron chi connectivity index (χ2n) is 5.68. The van der Waals surface area contributed by atoms with Crippen LogP contribution in [-0.4, -0.2) is 14.0 Å². The van der Waals surface area contributed by atoms with Crippen LogP contribution in [0.15, 0.2) is 17.0 Å². The summed E-state index contributed by atoms with van der Waals surface area (Å²) in [4.78, 5) is -0.0131. The molecule has 1 aliphatic carbocycles. The summed E-state index contributed by atoms with van der Waals surface area (Å²) in [6.45, 7) is 3.89. The van der Waals surface area contributed by atoms with E-state index in [1.54, 1.807) is 6.07 Å². The number of sulfonamides is 1. The van der Waals surface area contributed by atoms with Gasteiger partial charge in [0.2, 0.25) is 10.0 Å². The van der Waals surface area contributed by atoms with E-state index in [1.807, 2.05) is 13.8 Å². The van der Waals surface area contributed by atoms with Gasteiger partial charge in [0.15, 0.2) is 0 Å². The van der Waals surface area contributed by atoms with Gasteiger partial charge in [0.25, 0.3) is 0 Å². The molecule has 1 aromatic rings.